The first kappa shape index (κ1) is 38.1. The van der Waals surface area contributed by atoms with Crippen LogP contribution in [0, 0.1) is 5.82 Å². The van der Waals surface area contributed by atoms with Gasteiger partial charge in [0, 0.05) is 60.5 Å². The molecule has 2 atom stereocenters. The van der Waals surface area contributed by atoms with Crippen LogP contribution in [0.3, 0.4) is 0 Å². The number of carbonyl (C=O) groups excluding carboxylic acids is 3. The molecule has 23 heteroatoms. The van der Waals surface area contributed by atoms with Crippen LogP contribution in [-0.2, 0) is 28.8 Å². The number of hydrogen-bond acceptors (Lipinski definition) is 15. The molecule has 1 saturated carbocycles. The van der Waals surface area contributed by atoms with Crippen molar-refractivity contribution >= 4 is 86.3 Å². The highest BCUT2D eigenvalue weighted by Crippen LogP contribution is 2.41. The predicted octanol–water partition coefficient (Wildman–Crippen LogP) is 0.715. The van der Waals surface area contributed by atoms with Gasteiger partial charge in [0.2, 0.25) is 12.0 Å². The maximum atomic E-state index is 15.4. The number of oxime groups is 1. The number of aromatic carboxylic acids is 1. The molecule has 5 heterocycles. The summed E-state index contributed by atoms with van der Waals surface area (Å²) in [5.41, 5.74) is 4.27. The number of aliphatic carboxylic acids is 2. The molecule has 6 N–H and O–H groups in total. The van der Waals surface area contributed by atoms with E-state index in [1.54, 1.807) is 9.47 Å². The molecule has 20 nitrogen and oxygen atoms in total. The molecule has 294 valence electrons. The molecule has 0 unspecified atom stereocenters. The van der Waals surface area contributed by atoms with Gasteiger partial charge in [-0.3, -0.25) is 19.3 Å². The van der Waals surface area contributed by atoms with Gasteiger partial charge in [0.15, 0.2) is 10.8 Å². The van der Waals surface area contributed by atoms with E-state index in [0.29, 0.717) is 5.52 Å². The Morgan fingerprint density at radius 2 is 1.79 bits per heavy atom. The van der Waals surface area contributed by atoms with E-state index >= 15 is 4.39 Å². The number of hydrogen-bond donors (Lipinski definition) is 5. The van der Waals surface area contributed by atoms with E-state index in [2.05, 4.69) is 15.5 Å². The summed E-state index contributed by atoms with van der Waals surface area (Å²) in [4.78, 5) is 99.9. The Bertz CT molecular complexity index is 2320. The Morgan fingerprint density at radius 3 is 2.41 bits per heavy atom. The number of rotatable bonds is 12. The fourth-order valence-electron chi connectivity index (χ4n) is 6.54. The minimum absolute atomic E-state index is 0.00498. The van der Waals surface area contributed by atoms with E-state index in [9.17, 15) is 43.8 Å². The zero-order valence-electron chi connectivity index (χ0n) is 28.9. The molecular weight excluding hydrogens is 784 g/mol. The average Bonchev–Trinajstić information content (AvgIpc) is 3.92. The average molecular weight is 815 g/mol. The summed E-state index contributed by atoms with van der Waals surface area (Å²) in [5.74, 6) is -6.63. The first-order valence-electron chi connectivity index (χ1n) is 16.9. The van der Waals surface area contributed by atoms with E-state index in [4.69, 9.17) is 20.4 Å². The number of thioether (sulfide) groups is 1. The van der Waals surface area contributed by atoms with Crippen molar-refractivity contribution < 1.29 is 58.1 Å². The minimum Gasteiger partial charge on any atom is -0.479 e. The quantitative estimate of drug-likeness (QED) is 0.0957. The minimum atomic E-state index is -1.46. The van der Waals surface area contributed by atoms with Crippen molar-refractivity contribution in [2.75, 3.05) is 55.8 Å². The Morgan fingerprint density at radius 1 is 1.05 bits per heavy atom. The molecule has 2 aromatic heterocycles. The highest BCUT2D eigenvalue weighted by molar-refractivity contribution is 8.00. The van der Waals surface area contributed by atoms with Crippen molar-refractivity contribution in [3.8, 4) is 0 Å². The molecule has 56 heavy (non-hydrogen) atoms. The van der Waals surface area contributed by atoms with Gasteiger partial charge in [-0.2, -0.15) is 0 Å². The number of fused-ring (bicyclic) bond motifs is 2. The van der Waals surface area contributed by atoms with Gasteiger partial charge in [0.1, 0.15) is 40.8 Å². The summed E-state index contributed by atoms with van der Waals surface area (Å²) >= 11 is 2.09. The number of ether oxygens (including phenoxy) is 1. The molecule has 0 radical (unpaired) electrons. The van der Waals surface area contributed by atoms with E-state index in [1.165, 1.54) is 22.5 Å². The van der Waals surface area contributed by atoms with Crippen LogP contribution < -0.4 is 21.4 Å². The van der Waals surface area contributed by atoms with Gasteiger partial charge < -0.3 is 50.3 Å². The van der Waals surface area contributed by atoms with Crippen LogP contribution in [0.2, 0.25) is 0 Å². The third-order valence-electron chi connectivity index (χ3n) is 9.38. The van der Waals surface area contributed by atoms with Crippen LogP contribution in [0.1, 0.15) is 34.9 Å². The largest absolute Gasteiger partial charge is 0.479 e. The number of aromatic nitrogens is 2. The second-order valence-electron chi connectivity index (χ2n) is 13.0. The first-order chi connectivity index (χ1) is 26.7. The van der Waals surface area contributed by atoms with Gasteiger partial charge in [-0.15, -0.1) is 23.1 Å². The van der Waals surface area contributed by atoms with Crippen molar-refractivity contribution in [3.63, 3.8) is 0 Å². The van der Waals surface area contributed by atoms with E-state index in [-0.39, 0.29) is 65.4 Å². The monoisotopic (exact) mass is 814 g/mol. The molecule has 3 amide bonds. The lowest BCUT2D eigenvalue weighted by Gasteiger charge is -2.49. The number of nitrogens with two attached hydrogens (primary N) is 1. The Hall–Kier alpha value is -6.23. The van der Waals surface area contributed by atoms with Crippen LogP contribution in [-0.4, -0.2) is 133 Å². The number of pyridine rings is 1. The molecule has 0 bridgehead atoms. The SMILES string of the molecule is Nc1nc(/C(=N/OCC(=O)O)C(=O)N[C@@H]2C(=O)N3C(C(=O)O)=C(COC(=O)N4CCN(c5cc6c(cc5F)c(=O)c(C(=O)O)cn6C5CC5)CC4)CS[C@H]23)cs1. The number of amides is 3. The lowest BCUT2D eigenvalue weighted by Crippen LogP contribution is -2.71. The Labute approximate surface area is 321 Å². The number of β-lactam (4-membered cyclic amide) rings is 1. The van der Waals surface area contributed by atoms with Gasteiger partial charge in [-0.1, -0.05) is 5.16 Å². The number of nitrogens with one attached hydrogen (secondary N) is 1. The van der Waals surface area contributed by atoms with E-state index < -0.39 is 88.7 Å². The van der Waals surface area contributed by atoms with E-state index in [0.717, 1.165) is 46.9 Å². The number of halogens is 1. The van der Waals surface area contributed by atoms with Crippen molar-refractivity contribution in [3.05, 3.63) is 62.3 Å². The summed E-state index contributed by atoms with van der Waals surface area (Å²) in [6.45, 7) is -0.739. The van der Waals surface area contributed by atoms with Crippen LogP contribution in [0.4, 0.5) is 20.0 Å². The number of carbonyl (C=O) groups is 6. The standard InChI is InChI=1S/C33H31FN8O12S2/c34-18-7-16-20(41(15-1-2-15)9-17(26(16)45)30(48)49)8-21(18)39-3-5-40(6-4-39)33(52)53-10-14-12-55-29-24(28(47)42(29)25(14)31(50)51)37-27(46)23(38-54-11-22(43)44)19-13-56-32(35)36-19/h7-9,13,15,24,29H,1-6,10-12H2,(H2,35,36)(H,37,46)(H,43,44)(H,48,49)(H,50,51)/b38-23-/t24-,29-/m1/s1. The van der Waals surface area contributed by atoms with Crippen molar-refractivity contribution in [2.45, 2.75) is 30.3 Å². The maximum absolute atomic E-state index is 15.4. The normalized spacial score (nSPS) is 19.7. The summed E-state index contributed by atoms with van der Waals surface area (Å²) in [6.07, 6.45) is 2.11. The van der Waals surface area contributed by atoms with Gasteiger partial charge in [-0.05, 0) is 25.0 Å². The maximum Gasteiger partial charge on any atom is 0.410 e. The lowest BCUT2D eigenvalue weighted by molar-refractivity contribution is -0.150. The molecule has 4 aliphatic rings. The van der Waals surface area contributed by atoms with Crippen LogP contribution in [0.25, 0.3) is 10.9 Å². The van der Waals surface area contributed by atoms with Crippen LogP contribution >= 0.6 is 23.1 Å². The molecule has 1 aromatic carbocycles. The number of carboxylic acids is 3. The third kappa shape index (κ3) is 7.28. The number of nitrogens with zero attached hydrogens (tertiary/aromatic N) is 6. The summed E-state index contributed by atoms with van der Waals surface area (Å²) in [5, 5.41) is 35.0. The summed E-state index contributed by atoms with van der Waals surface area (Å²) in [6, 6.07) is 1.36. The molecule has 7 rings (SSSR count). The topological polar surface area (TPSA) is 277 Å². The lowest BCUT2D eigenvalue weighted by atomic mass is 10.0. The number of piperazine rings is 1. The zero-order valence-corrected chi connectivity index (χ0v) is 30.5. The molecule has 3 fully saturated rings. The van der Waals surface area contributed by atoms with Gasteiger partial charge in [-0.25, -0.2) is 28.6 Å². The smallest absolute Gasteiger partial charge is 0.410 e. The summed E-state index contributed by atoms with van der Waals surface area (Å²) in [7, 11) is 0. The second-order valence-corrected chi connectivity index (χ2v) is 15.0. The van der Waals surface area contributed by atoms with Gasteiger partial charge in [0.25, 0.3) is 11.8 Å². The van der Waals surface area contributed by atoms with Crippen molar-refractivity contribution in [1.29, 1.82) is 0 Å². The van der Waals surface area contributed by atoms with E-state index in [1.807, 2.05) is 0 Å². The fourth-order valence-corrected chi connectivity index (χ4v) is 8.41. The number of nitrogen functional groups attached to an aromatic ring is 1. The number of benzene rings is 1. The molecule has 0 spiro atoms. The number of thiazole rings is 1. The fraction of sp³-hybridized carbons (Fsp3) is 0.364. The van der Waals surface area contributed by atoms with Gasteiger partial charge >= 0.3 is 24.0 Å². The summed E-state index contributed by atoms with van der Waals surface area (Å²) < 4.78 is 22.6. The molecule has 3 aliphatic heterocycles. The third-order valence-corrected chi connectivity index (χ3v) is 11.4. The van der Waals surface area contributed by atoms with Crippen molar-refractivity contribution in [2.24, 2.45) is 5.16 Å². The molecule has 3 aromatic rings. The number of anilines is 2. The zero-order chi connectivity index (χ0) is 40.0. The second kappa shape index (κ2) is 15.1. The van der Waals surface area contributed by atoms with Crippen LogP contribution in [0.15, 0.2) is 44.9 Å². The number of carboxylic acid groups (broad SMARTS) is 3. The van der Waals surface area contributed by atoms with Crippen molar-refractivity contribution in [1.82, 2.24) is 24.7 Å². The van der Waals surface area contributed by atoms with Crippen LogP contribution in [0.5, 0.6) is 0 Å². The predicted molar refractivity (Wildman–Crippen MR) is 195 cm³/mol. The first-order valence-corrected chi connectivity index (χ1v) is 18.8. The molecular formula is C33H31FN8O12S2. The van der Waals surface area contributed by atoms with Gasteiger partial charge in [0.05, 0.1) is 11.2 Å². The Balaban J connectivity index is 0.983. The highest BCUT2D eigenvalue weighted by atomic mass is 32.2. The Kier molecular flexibility index (Phi) is 10.3. The molecule has 2 saturated heterocycles. The molecule has 1 aliphatic carbocycles. The highest BCUT2D eigenvalue weighted by Gasteiger charge is 2.54.